The van der Waals surface area contributed by atoms with Crippen LogP contribution in [0.4, 0.5) is 5.13 Å². The number of carbonyl (C=O) groups excluding carboxylic acids is 1. The maximum atomic E-state index is 12.3. The van der Waals surface area contributed by atoms with Crippen LogP contribution < -0.4 is 15.0 Å². The van der Waals surface area contributed by atoms with Crippen LogP contribution in [0.2, 0.25) is 0 Å². The molecule has 2 heterocycles. The average molecular weight is 409 g/mol. The number of benzene rings is 2. The van der Waals surface area contributed by atoms with Crippen LogP contribution in [0.25, 0.3) is 0 Å². The van der Waals surface area contributed by atoms with E-state index in [-0.39, 0.29) is 12.5 Å². The van der Waals surface area contributed by atoms with E-state index in [2.05, 4.69) is 47.6 Å². The minimum atomic E-state index is -0.178. The van der Waals surface area contributed by atoms with E-state index < -0.39 is 0 Å². The second-order valence-corrected chi connectivity index (χ2v) is 8.64. The third-order valence-electron chi connectivity index (χ3n) is 5.30. The summed E-state index contributed by atoms with van der Waals surface area (Å²) < 4.78 is 5.62. The van der Waals surface area contributed by atoms with E-state index in [1.807, 2.05) is 25.1 Å². The summed E-state index contributed by atoms with van der Waals surface area (Å²) >= 11 is 1.58. The molecule has 1 aliphatic rings. The predicted molar refractivity (Wildman–Crippen MR) is 116 cm³/mol. The lowest BCUT2D eigenvalue weighted by atomic mass is 10.1. The van der Waals surface area contributed by atoms with Gasteiger partial charge in [0.1, 0.15) is 18.8 Å². The van der Waals surface area contributed by atoms with Gasteiger partial charge in [-0.3, -0.25) is 10.1 Å². The van der Waals surface area contributed by atoms with Crippen LogP contribution in [-0.2, 0) is 24.3 Å². The van der Waals surface area contributed by atoms with Crippen molar-refractivity contribution in [3.8, 4) is 5.75 Å². The third kappa shape index (κ3) is 5.02. The largest absolute Gasteiger partial charge is 0.484 e. The lowest BCUT2D eigenvalue weighted by molar-refractivity contribution is -0.929. The van der Waals surface area contributed by atoms with E-state index in [9.17, 15) is 4.79 Å². The number of hydrogen-bond donors (Lipinski definition) is 2. The van der Waals surface area contributed by atoms with Gasteiger partial charge in [-0.1, -0.05) is 47.7 Å². The molecule has 1 unspecified atom stereocenters. The molecule has 2 aromatic carbocycles. The van der Waals surface area contributed by atoms with Crippen LogP contribution in [0.3, 0.4) is 0 Å². The highest BCUT2D eigenvalue weighted by Gasteiger charge is 2.24. The summed E-state index contributed by atoms with van der Waals surface area (Å²) in [6.07, 6.45) is 0.947. The van der Waals surface area contributed by atoms with Gasteiger partial charge >= 0.3 is 0 Å². The van der Waals surface area contributed by atoms with Gasteiger partial charge in [0.2, 0.25) is 0 Å². The van der Waals surface area contributed by atoms with Crippen LogP contribution in [0, 0.1) is 13.8 Å². The second-order valence-electron chi connectivity index (χ2n) is 7.56. The summed E-state index contributed by atoms with van der Waals surface area (Å²) in [5.74, 6) is 0.532. The number of nitrogens with one attached hydrogen (secondary N) is 2. The summed E-state index contributed by atoms with van der Waals surface area (Å²) in [6, 6.07) is 16.4. The first-order chi connectivity index (χ1) is 14.1. The van der Waals surface area contributed by atoms with Gasteiger partial charge in [-0.25, -0.2) is 4.98 Å². The Morgan fingerprint density at radius 1 is 1.17 bits per heavy atom. The summed E-state index contributed by atoms with van der Waals surface area (Å²) in [4.78, 5) is 19.7. The number of carbonyl (C=O) groups is 1. The van der Waals surface area contributed by atoms with Gasteiger partial charge in [-0.05, 0) is 37.1 Å². The van der Waals surface area contributed by atoms with Crippen molar-refractivity contribution in [3.63, 3.8) is 0 Å². The number of rotatable bonds is 6. The van der Waals surface area contributed by atoms with E-state index in [0.717, 1.165) is 37.3 Å². The Morgan fingerprint density at radius 2 is 2.00 bits per heavy atom. The van der Waals surface area contributed by atoms with E-state index in [1.54, 1.807) is 11.3 Å². The lowest BCUT2D eigenvalue weighted by Gasteiger charge is -2.22. The number of amides is 1. The number of anilines is 1. The van der Waals surface area contributed by atoms with E-state index in [0.29, 0.717) is 10.9 Å². The summed E-state index contributed by atoms with van der Waals surface area (Å²) in [7, 11) is 0. The number of aryl methyl sites for hydroxylation is 2. The number of aromatic nitrogens is 1. The Labute approximate surface area is 175 Å². The van der Waals surface area contributed by atoms with Gasteiger partial charge in [0, 0.05) is 12.0 Å². The monoisotopic (exact) mass is 408 g/mol. The standard InChI is InChI=1S/C23H25N3O2S/c1-16-8-9-19(12-17(16)2)28-15-22(27)25-23-24-20-10-11-26(14-21(20)29-23)13-18-6-4-3-5-7-18/h3-9,12H,10-11,13-15H2,1-2H3,(H,24,25,27)/p+1. The summed E-state index contributed by atoms with van der Waals surface area (Å²) in [6.45, 7) is 7.11. The molecule has 1 aliphatic heterocycles. The molecule has 0 spiro atoms. The fourth-order valence-corrected chi connectivity index (χ4v) is 4.62. The highest BCUT2D eigenvalue weighted by Crippen LogP contribution is 2.24. The highest BCUT2D eigenvalue weighted by atomic mass is 32.1. The average Bonchev–Trinajstić information content (AvgIpc) is 3.11. The molecule has 1 amide bonds. The molecule has 0 bridgehead atoms. The van der Waals surface area contributed by atoms with E-state index in [4.69, 9.17) is 4.74 Å². The molecule has 0 aliphatic carbocycles. The molecule has 1 aromatic heterocycles. The number of fused-ring (bicyclic) bond motifs is 1. The minimum absolute atomic E-state index is 0.0157. The molecule has 3 aromatic rings. The van der Waals surface area contributed by atoms with Crippen LogP contribution in [0.5, 0.6) is 5.75 Å². The minimum Gasteiger partial charge on any atom is -0.484 e. The molecular formula is C23H26N3O2S+. The van der Waals surface area contributed by atoms with Crippen molar-refractivity contribution in [2.45, 2.75) is 33.4 Å². The van der Waals surface area contributed by atoms with Crippen molar-refractivity contribution in [2.24, 2.45) is 0 Å². The SMILES string of the molecule is Cc1ccc(OCC(=O)Nc2nc3c(s2)C[NH+](Cc2ccccc2)CC3)cc1C. The fraction of sp³-hybridized carbons (Fsp3) is 0.304. The van der Waals surface area contributed by atoms with Gasteiger partial charge in [0.15, 0.2) is 11.7 Å². The first-order valence-corrected chi connectivity index (χ1v) is 10.7. The predicted octanol–water partition coefficient (Wildman–Crippen LogP) is 2.92. The van der Waals surface area contributed by atoms with Crippen LogP contribution in [-0.4, -0.2) is 24.0 Å². The maximum Gasteiger partial charge on any atom is 0.264 e. The van der Waals surface area contributed by atoms with Crippen LogP contribution in [0.15, 0.2) is 48.5 Å². The third-order valence-corrected chi connectivity index (χ3v) is 6.31. The highest BCUT2D eigenvalue weighted by molar-refractivity contribution is 7.15. The van der Waals surface area contributed by atoms with Gasteiger partial charge < -0.3 is 9.64 Å². The van der Waals surface area contributed by atoms with Crippen molar-refractivity contribution < 1.29 is 14.4 Å². The van der Waals surface area contributed by atoms with Gasteiger partial charge in [0.05, 0.1) is 17.1 Å². The Balaban J connectivity index is 1.31. The second kappa shape index (κ2) is 8.76. The van der Waals surface area contributed by atoms with Crippen LogP contribution in [0.1, 0.15) is 27.3 Å². The number of quaternary nitrogens is 1. The fourth-order valence-electron chi connectivity index (χ4n) is 3.52. The Bertz CT molecular complexity index is 1000. The van der Waals surface area contributed by atoms with Crippen molar-refractivity contribution in [3.05, 3.63) is 75.8 Å². The van der Waals surface area contributed by atoms with Crippen molar-refractivity contribution in [1.82, 2.24) is 4.98 Å². The number of thiazole rings is 1. The van der Waals surface area contributed by atoms with Gasteiger partial charge in [0.25, 0.3) is 5.91 Å². The molecular weight excluding hydrogens is 382 g/mol. The van der Waals surface area contributed by atoms with Gasteiger partial charge in [-0.2, -0.15) is 0 Å². The zero-order valence-corrected chi connectivity index (χ0v) is 17.6. The molecule has 0 radical (unpaired) electrons. The molecule has 4 rings (SSSR count). The molecule has 0 saturated carbocycles. The zero-order valence-electron chi connectivity index (χ0n) is 16.8. The normalized spacial score (nSPS) is 15.6. The van der Waals surface area contributed by atoms with Crippen molar-refractivity contribution in [2.75, 3.05) is 18.5 Å². The molecule has 2 N–H and O–H groups in total. The molecule has 0 saturated heterocycles. The lowest BCUT2D eigenvalue weighted by Crippen LogP contribution is -3.10. The Kier molecular flexibility index (Phi) is 5.92. The van der Waals surface area contributed by atoms with Crippen molar-refractivity contribution in [1.29, 1.82) is 0 Å². The Hall–Kier alpha value is -2.70. The quantitative estimate of drug-likeness (QED) is 0.659. The molecule has 0 fully saturated rings. The van der Waals surface area contributed by atoms with Crippen molar-refractivity contribution >= 4 is 22.4 Å². The maximum absolute atomic E-state index is 12.3. The van der Waals surface area contributed by atoms with Gasteiger partial charge in [-0.15, -0.1) is 0 Å². The molecule has 1 atom stereocenters. The topological polar surface area (TPSA) is 55.7 Å². The molecule has 5 nitrogen and oxygen atoms in total. The van der Waals surface area contributed by atoms with E-state index >= 15 is 0 Å². The molecule has 150 valence electrons. The zero-order chi connectivity index (χ0) is 20.2. The molecule has 29 heavy (non-hydrogen) atoms. The summed E-state index contributed by atoms with van der Waals surface area (Å²) in [5, 5.41) is 3.57. The Morgan fingerprint density at radius 3 is 2.79 bits per heavy atom. The number of hydrogen-bond acceptors (Lipinski definition) is 4. The van der Waals surface area contributed by atoms with Crippen LogP contribution >= 0.6 is 11.3 Å². The number of ether oxygens (including phenoxy) is 1. The first-order valence-electron chi connectivity index (χ1n) is 9.93. The van der Waals surface area contributed by atoms with E-state index in [1.165, 1.54) is 20.9 Å². The molecule has 6 heteroatoms. The smallest absolute Gasteiger partial charge is 0.264 e. The number of nitrogens with zero attached hydrogens (tertiary/aromatic N) is 1. The summed E-state index contributed by atoms with van der Waals surface area (Å²) in [5.41, 5.74) is 4.83. The first kappa shape index (κ1) is 19.6.